The van der Waals surface area contributed by atoms with E-state index in [1.54, 1.807) is 7.11 Å². The molecule has 5 nitrogen and oxygen atoms in total. The van der Waals surface area contributed by atoms with Crippen LogP contribution < -0.4 is 10.1 Å². The van der Waals surface area contributed by atoms with Gasteiger partial charge in [-0.3, -0.25) is 4.79 Å². The standard InChI is InChI=1S/C26H31NO4/c1-5-16(3)23-15-18(20-12-11-19(31-4)14-17(20)6-2)10-13-24(23)27-25(28)21-8-7-9-22(21)26(29)30/h10-16H,5-9H2,1-4H3,(H,27,28)(H,29,30)/t16-/m0/s1. The quantitative estimate of drug-likeness (QED) is 0.553. The van der Waals surface area contributed by atoms with E-state index in [9.17, 15) is 14.7 Å². The van der Waals surface area contributed by atoms with E-state index in [4.69, 9.17) is 4.74 Å². The third-order valence-corrected chi connectivity index (χ3v) is 6.20. The number of carbonyl (C=O) groups excluding carboxylic acids is 1. The molecule has 2 aromatic carbocycles. The number of aliphatic carboxylic acids is 1. The average Bonchev–Trinajstić information content (AvgIpc) is 3.29. The summed E-state index contributed by atoms with van der Waals surface area (Å²) in [5.41, 5.74) is 5.89. The number of carbonyl (C=O) groups is 2. The van der Waals surface area contributed by atoms with Crippen molar-refractivity contribution in [3.05, 3.63) is 58.7 Å². The van der Waals surface area contributed by atoms with Crippen molar-refractivity contribution in [2.24, 2.45) is 0 Å². The first kappa shape index (κ1) is 22.6. The van der Waals surface area contributed by atoms with Gasteiger partial charge in [-0.1, -0.05) is 32.9 Å². The molecular weight excluding hydrogens is 390 g/mol. The van der Waals surface area contributed by atoms with Crippen molar-refractivity contribution >= 4 is 17.6 Å². The smallest absolute Gasteiger partial charge is 0.332 e. The molecule has 0 aromatic heterocycles. The molecule has 1 aliphatic rings. The van der Waals surface area contributed by atoms with Gasteiger partial charge in [-0.25, -0.2) is 4.79 Å². The largest absolute Gasteiger partial charge is 0.497 e. The van der Waals surface area contributed by atoms with Gasteiger partial charge in [0.1, 0.15) is 5.75 Å². The predicted molar refractivity (Wildman–Crippen MR) is 124 cm³/mol. The molecule has 1 atom stereocenters. The minimum absolute atomic E-state index is 0.241. The minimum atomic E-state index is -0.994. The number of carboxylic acid groups (broad SMARTS) is 1. The van der Waals surface area contributed by atoms with E-state index in [0.29, 0.717) is 24.8 Å². The Labute approximate surface area is 184 Å². The highest BCUT2D eigenvalue weighted by Gasteiger charge is 2.26. The number of carboxylic acids is 1. The Balaban J connectivity index is 1.99. The van der Waals surface area contributed by atoms with Crippen molar-refractivity contribution in [3.8, 4) is 16.9 Å². The number of rotatable bonds is 8. The molecule has 0 bridgehead atoms. The summed E-state index contributed by atoms with van der Waals surface area (Å²) in [6.45, 7) is 6.38. The third-order valence-electron chi connectivity index (χ3n) is 6.20. The maximum Gasteiger partial charge on any atom is 0.332 e. The van der Waals surface area contributed by atoms with E-state index >= 15 is 0 Å². The Kier molecular flexibility index (Phi) is 7.16. The van der Waals surface area contributed by atoms with Gasteiger partial charge < -0.3 is 15.2 Å². The molecule has 0 saturated carbocycles. The fourth-order valence-electron chi connectivity index (χ4n) is 4.17. The lowest BCUT2D eigenvalue weighted by molar-refractivity contribution is -0.133. The van der Waals surface area contributed by atoms with E-state index in [1.807, 2.05) is 18.2 Å². The lowest BCUT2D eigenvalue weighted by Gasteiger charge is -2.19. The van der Waals surface area contributed by atoms with Crippen LogP contribution in [0.2, 0.25) is 0 Å². The minimum Gasteiger partial charge on any atom is -0.497 e. The number of amides is 1. The van der Waals surface area contributed by atoms with Gasteiger partial charge in [-0.15, -0.1) is 0 Å². The van der Waals surface area contributed by atoms with Gasteiger partial charge in [0.2, 0.25) is 0 Å². The van der Waals surface area contributed by atoms with E-state index in [-0.39, 0.29) is 17.4 Å². The Morgan fingerprint density at radius 2 is 1.84 bits per heavy atom. The lowest BCUT2D eigenvalue weighted by Crippen LogP contribution is -2.17. The highest BCUT2D eigenvalue weighted by atomic mass is 16.5. The second-order valence-corrected chi connectivity index (χ2v) is 8.06. The van der Waals surface area contributed by atoms with Gasteiger partial charge in [0.15, 0.2) is 0 Å². The summed E-state index contributed by atoms with van der Waals surface area (Å²) in [6, 6.07) is 12.2. The number of hydrogen-bond donors (Lipinski definition) is 2. The molecule has 5 heteroatoms. The second-order valence-electron chi connectivity index (χ2n) is 8.06. The number of benzene rings is 2. The molecule has 0 heterocycles. The van der Waals surface area contributed by atoms with E-state index in [1.165, 1.54) is 5.56 Å². The normalized spacial score (nSPS) is 14.5. The van der Waals surface area contributed by atoms with Crippen LogP contribution in [-0.2, 0) is 16.0 Å². The van der Waals surface area contributed by atoms with Crippen LogP contribution in [0.3, 0.4) is 0 Å². The molecular formula is C26H31NO4. The Bertz CT molecular complexity index is 1020. The van der Waals surface area contributed by atoms with E-state index < -0.39 is 5.97 Å². The van der Waals surface area contributed by atoms with Crippen LogP contribution in [0.1, 0.15) is 63.5 Å². The summed E-state index contributed by atoms with van der Waals surface area (Å²) in [6.07, 6.45) is 3.48. The monoisotopic (exact) mass is 421 g/mol. The fraction of sp³-hybridized carbons (Fsp3) is 0.385. The zero-order chi connectivity index (χ0) is 22.5. The maximum absolute atomic E-state index is 12.9. The number of hydrogen-bond acceptors (Lipinski definition) is 3. The van der Waals surface area contributed by atoms with Gasteiger partial charge in [0, 0.05) is 16.8 Å². The molecule has 0 aliphatic heterocycles. The van der Waals surface area contributed by atoms with Crippen molar-refractivity contribution in [1.29, 1.82) is 0 Å². The molecule has 31 heavy (non-hydrogen) atoms. The third kappa shape index (κ3) is 4.82. The molecule has 3 rings (SSSR count). The van der Waals surface area contributed by atoms with Gasteiger partial charge in [-0.2, -0.15) is 0 Å². The molecule has 0 saturated heterocycles. The average molecular weight is 422 g/mol. The number of methoxy groups -OCH3 is 1. The zero-order valence-electron chi connectivity index (χ0n) is 18.7. The first-order valence-corrected chi connectivity index (χ1v) is 11.0. The Morgan fingerprint density at radius 3 is 2.48 bits per heavy atom. The molecule has 1 amide bonds. The SMILES string of the molecule is CCc1cc(OC)ccc1-c1ccc(NC(=O)C2=C(C(=O)O)CCC2)c([C@@H](C)CC)c1. The van der Waals surface area contributed by atoms with Crippen molar-refractivity contribution in [2.75, 3.05) is 12.4 Å². The topological polar surface area (TPSA) is 75.6 Å². The zero-order valence-corrected chi connectivity index (χ0v) is 18.7. The van der Waals surface area contributed by atoms with E-state index in [2.05, 4.69) is 44.3 Å². The van der Waals surface area contributed by atoms with Gasteiger partial charge in [-0.05, 0) is 84.5 Å². The first-order valence-electron chi connectivity index (χ1n) is 11.0. The van der Waals surface area contributed by atoms with Crippen LogP contribution >= 0.6 is 0 Å². The number of anilines is 1. The van der Waals surface area contributed by atoms with Crippen LogP contribution in [-0.4, -0.2) is 24.1 Å². The predicted octanol–water partition coefficient (Wildman–Crippen LogP) is 5.94. The van der Waals surface area contributed by atoms with Crippen LogP contribution in [0.5, 0.6) is 5.75 Å². The first-order chi connectivity index (χ1) is 14.9. The summed E-state index contributed by atoms with van der Waals surface area (Å²) in [4.78, 5) is 24.3. The molecule has 2 N–H and O–H groups in total. The van der Waals surface area contributed by atoms with Crippen LogP contribution in [0, 0.1) is 0 Å². The summed E-state index contributed by atoms with van der Waals surface area (Å²) in [5, 5.41) is 12.4. The van der Waals surface area contributed by atoms with Crippen molar-refractivity contribution < 1.29 is 19.4 Å². The number of ether oxygens (including phenoxy) is 1. The van der Waals surface area contributed by atoms with Crippen molar-refractivity contribution in [2.45, 2.75) is 58.8 Å². The van der Waals surface area contributed by atoms with Gasteiger partial charge in [0.05, 0.1) is 7.11 Å². The Hall–Kier alpha value is -3.08. The maximum atomic E-state index is 12.9. The Morgan fingerprint density at radius 1 is 1.10 bits per heavy atom. The van der Waals surface area contributed by atoms with Crippen LogP contribution in [0.15, 0.2) is 47.5 Å². The second kappa shape index (κ2) is 9.82. The number of aryl methyl sites for hydroxylation is 1. The lowest BCUT2D eigenvalue weighted by atomic mass is 9.90. The summed E-state index contributed by atoms with van der Waals surface area (Å²) in [5.74, 6) is -0.210. The van der Waals surface area contributed by atoms with Gasteiger partial charge in [0.25, 0.3) is 5.91 Å². The van der Waals surface area contributed by atoms with Crippen molar-refractivity contribution in [1.82, 2.24) is 0 Å². The van der Waals surface area contributed by atoms with Crippen LogP contribution in [0.25, 0.3) is 11.1 Å². The highest BCUT2D eigenvalue weighted by molar-refractivity contribution is 6.09. The molecule has 0 radical (unpaired) electrons. The number of nitrogens with one attached hydrogen (secondary N) is 1. The summed E-state index contributed by atoms with van der Waals surface area (Å²) >= 11 is 0. The van der Waals surface area contributed by atoms with E-state index in [0.717, 1.165) is 41.0 Å². The summed E-state index contributed by atoms with van der Waals surface area (Å²) < 4.78 is 5.37. The molecule has 2 aromatic rings. The molecule has 0 unspecified atom stereocenters. The summed E-state index contributed by atoms with van der Waals surface area (Å²) in [7, 11) is 1.67. The molecule has 0 fully saturated rings. The molecule has 1 aliphatic carbocycles. The molecule has 0 spiro atoms. The highest BCUT2D eigenvalue weighted by Crippen LogP contribution is 2.35. The molecule has 164 valence electrons. The van der Waals surface area contributed by atoms with Crippen LogP contribution in [0.4, 0.5) is 5.69 Å². The fourth-order valence-corrected chi connectivity index (χ4v) is 4.17. The van der Waals surface area contributed by atoms with Gasteiger partial charge >= 0.3 is 5.97 Å². The van der Waals surface area contributed by atoms with Crippen molar-refractivity contribution in [3.63, 3.8) is 0 Å².